The summed E-state index contributed by atoms with van der Waals surface area (Å²) in [4.78, 5) is 7.85. The maximum atomic E-state index is 13.8. The summed E-state index contributed by atoms with van der Waals surface area (Å²) in [5, 5.41) is 0. The molecule has 0 saturated carbocycles. The largest absolute Gasteiger partial charge is 0.459 e. The number of para-hydroxylation sites is 1. The van der Waals surface area contributed by atoms with Crippen LogP contribution in [0.3, 0.4) is 0 Å². The number of rotatable bonds is 6. The molecule has 5 nitrogen and oxygen atoms in total. The van der Waals surface area contributed by atoms with Crippen LogP contribution in [0.5, 0.6) is 6.01 Å². The van der Waals surface area contributed by atoms with Gasteiger partial charge in [0.2, 0.25) is 0 Å². The molecular formula is C17H15FN4O. The first-order valence-corrected chi connectivity index (χ1v) is 7.07. The third-order valence-corrected chi connectivity index (χ3v) is 3.03. The van der Waals surface area contributed by atoms with E-state index in [-0.39, 0.29) is 11.8 Å². The van der Waals surface area contributed by atoms with Crippen molar-refractivity contribution in [3.8, 4) is 6.01 Å². The Morgan fingerprint density at radius 2 is 1.61 bits per heavy atom. The Bertz CT molecular complexity index is 753. The van der Waals surface area contributed by atoms with E-state index in [0.29, 0.717) is 6.61 Å². The summed E-state index contributed by atoms with van der Waals surface area (Å²) in [7, 11) is 0. The smallest absolute Gasteiger partial charge is 0.318 e. The number of benzene rings is 2. The zero-order valence-corrected chi connectivity index (χ0v) is 12.2. The van der Waals surface area contributed by atoms with Crippen LogP contribution >= 0.6 is 0 Å². The van der Waals surface area contributed by atoms with E-state index in [9.17, 15) is 4.39 Å². The summed E-state index contributed by atoms with van der Waals surface area (Å²) < 4.78 is 19.2. The molecular weight excluding hydrogens is 295 g/mol. The van der Waals surface area contributed by atoms with Gasteiger partial charge >= 0.3 is 6.01 Å². The van der Waals surface area contributed by atoms with Crippen molar-refractivity contribution < 1.29 is 9.13 Å². The first-order valence-electron chi connectivity index (χ1n) is 7.07. The van der Waals surface area contributed by atoms with Crippen LogP contribution in [0.1, 0.15) is 5.56 Å². The molecule has 2 N–H and O–H groups in total. The fraction of sp³-hybridized carbons (Fsp3) is 0.0588. The number of hydrogen-bond donors (Lipinski definition) is 2. The van der Waals surface area contributed by atoms with Gasteiger partial charge in [-0.15, -0.1) is 0 Å². The zero-order chi connectivity index (χ0) is 15.9. The maximum absolute atomic E-state index is 13.8. The van der Waals surface area contributed by atoms with E-state index >= 15 is 0 Å². The van der Waals surface area contributed by atoms with Gasteiger partial charge < -0.3 is 4.74 Å². The normalized spacial score (nSPS) is 10.1. The van der Waals surface area contributed by atoms with Crippen LogP contribution in [0.4, 0.5) is 15.9 Å². The summed E-state index contributed by atoms with van der Waals surface area (Å²) in [5.41, 5.74) is 7.35. The number of aromatic nitrogens is 2. The van der Waals surface area contributed by atoms with Gasteiger partial charge in [-0.05, 0) is 17.7 Å². The molecule has 23 heavy (non-hydrogen) atoms. The first-order chi connectivity index (χ1) is 11.3. The van der Waals surface area contributed by atoms with Gasteiger partial charge in [0.05, 0.1) is 11.9 Å². The number of nitrogens with one attached hydrogen (secondary N) is 2. The maximum Gasteiger partial charge on any atom is 0.318 e. The monoisotopic (exact) mass is 310 g/mol. The van der Waals surface area contributed by atoms with Crippen LogP contribution in [0.2, 0.25) is 0 Å². The molecule has 0 radical (unpaired) electrons. The van der Waals surface area contributed by atoms with Crippen molar-refractivity contribution >= 4 is 11.5 Å². The van der Waals surface area contributed by atoms with Crippen LogP contribution in [-0.4, -0.2) is 9.97 Å². The number of hydrazine groups is 1. The molecule has 0 spiro atoms. The van der Waals surface area contributed by atoms with Gasteiger partial charge in [0.25, 0.3) is 0 Å². The Balaban J connectivity index is 1.64. The minimum absolute atomic E-state index is 0.0203. The van der Waals surface area contributed by atoms with Crippen molar-refractivity contribution in [2.75, 3.05) is 10.9 Å². The predicted molar refractivity (Wildman–Crippen MR) is 86.5 cm³/mol. The van der Waals surface area contributed by atoms with Gasteiger partial charge in [0.1, 0.15) is 6.61 Å². The molecule has 0 fully saturated rings. The van der Waals surface area contributed by atoms with Crippen LogP contribution in [0.25, 0.3) is 0 Å². The summed E-state index contributed by atoms with van der Waals surface area (Å²) in [6.45, 7) is 0.317. The summed E-state index contributed by atoms with van der Waals surface area (Å²) >= 11 is 0. The Morgan fingerprint density at radius 3 is 2.35 bits per heavy atom. The predicted octanol–water partition coefficient (Wildman–Crippen LogP) is 3.63. The minimum atomic E-state index is -0.569. The molecule has 0 bridgehead atoms. The second kappa shape index (κ2) is 7.22. The van der Waals surface area contributed by atoms with Crippen LogP contribution in [0, 0.1) is 5.82 Å². The van der Waals surface area contributed by atoms with Crippen LogP contribution < -0.4 is 15.6 Å². The highest BCUT2D eigenvalue weighted by Gasteiger charge is 2.08. The number of halogens is 1. The van der Waals surface area contributed by atoms with Gasteiger partial charge in [0.15, 0.2) is 11.6 Å². The zero-order valence-electron chi connectivity index (χ0n) is 12.2. The van der Waals surface area contributed by atoms with Gasteiger partial charge in [-0.25, -0.2) is 9.37 Å². The fourth-order valence-corrected chi connectivity index (χ4v) is 1.88. The molecule has 0 aliphatic carbocycles. The second-order valence-electron chi connectivity index (χ2n) is 4.74. The van der Waals surface area contributed by atoms with E-state index in [1.807, 2.05) is 60.7 Å². The summed E-state index contributed by atoms with van der Waals surface area (Å²) in [6, 6.07) is 19.1. The summed E-state index contributed by atoms with van der Waals surface area (Å²) in [5.74, 6) is -0.549. The lowest BCUT2D eigenvalue weighted by Crippen LogP contribution is -2.12. The second-order valence-corrected chi connectivity index (χ2v) is 4.74. The third-order valence-electron chi connectivity index (χ3n) is 3.03. The molecule has 1 heterocycles. The molecule has 1 aromatic heterocycles. The van der Waals surface area contributed by atoms with Crippen LogP contribution in [0.15, 0.2) is 66.9 Å². The van der Waals surface area contributed by atoms with Gasteiger partial charge in [-0.1, -0.05) is 48.5 Å². The highest BCUT2D eigenvalue weighted by molar-refractivity contribution is 5.49. The van der Waals surface area contributed by atoms with Crippen molar-refractivity contribution in [3.63, 3.8) is 0 Å². The van der Waals surface area contributed by atoms with E-state index in [1.165, 1.54) is 0 Å². The molecule has 2 aromatic carbocycles. The fourth-order valence-electron chi connectivity index (χ4n) is 1.88. The van der Waals surface area contributed by atoms with Crippen LogP contribution in [-0.2, 0) is 6.61 Å². The van der Waals surface area contributed by atoms with E-state index in [2.05, 4.69) is 20.8 Å². The lowest BCUT2D eigenvalue weighted by molar-refractivity contribution is 0.280. The molecule has 0 saturated heterocycles. The lowest BCUT2D eigenvalue weighted by atomic mass is 10.2. The van der Waals surface area contributed by atoms with E-state index in [1.54, 1.807) is 0 Å². The Kier molecular flexibility index (Phi) is 4.63. The summed E-state index contributed by atoms with van der Waals surface area (Å²) in [6.07, 6.45) is 1.07. The van der Waals surface area contributed by atoms with Crippen molar-refractivity contribution in [2.24, 2.45) is 0 Å². The average Bonchev–Trinajstić information content (AvgIpc) is 2.62. The van der Waals surface area contributed by atoms with E-state index < -0.39 is 5.82 Å². The quantitative estimate of drug-likeness (QED) is 0.681. The van der Waals surface area contributed by atoms with Gasteiger partial charge in [-0.3, -0.25) is 10.9 Å². The van der Waals surface area contributed by atoms with Crippen molar-refractivity contribution in [1.82, 2.24) is 9.97 Å². The molecule has 0 atom stereocenters. The molecule has 3 aromatic rings. The lowest BCUT2D eigenvalue weighted by Gasteiger charge is -2.10. The van der Waals surface area contributed by atoms with E-state index in [4.69, 9.17) is 4.74 Å². The standard InChI is InChI=1S/C17H15FN4O/c18-15-11-19-17(23-12-13-7-3-1-4-8-13)20-16(15)22-21-14-9-5-2-6-10-14/h1-11,21H,12H2,(H,19,20,22). The Labute approximate surface area is 133 Å². The number of ether oxygens (including phenoxy) is 1. The SMILES string of the molecule is Fc1cnc(OCc2ccccc2)nc1NNc1ccccc1. The first kappa shape index (κ1) is 14.8. The molecule has 6 heteroatoms. The molecule has 3 rings (SSSR count). The number of nitrogens with zero attached hydrogens (tertiary/aromatic N) is 2. The number of hydrogen-bond acceptors (Lipinski definition) is 5. The molecule has 0 aliphatic rings. The topological polar surface area (TPSA) is 59.1 Å². The van der Waals surface area contributed by atoms with Gasteiger partial charge in [0, 0.05) is 0 Å². The third kappa shape index (κ3) is 4.16. The molecule has 0 unspecified atom stereocenters. The highest BCUT2D eigenvalue weighted by atomic mass is 19.1. The minimum Gasteiger partial charge on any atom is -0.459 e. The Morgan fingerprint density at radius 1 is 0.913 bits per heavy atom. The molecule has 0 amide bonds. The van der Waals surface area contributed by atoms with Gasteiger partial charge in [-0.2, -0.15) is 4.98 Å². The Hall–Kier alpha value is -3.15. The molecule has 116 valence electrons. The van der Waals surface area contributed by atoms with Crippen molar-refractivity contribution in [2.45, 2.75) is 6.61 Å². The average molecular weight is 310 g/mol. The van der Waals surface area contributed by atoms with E-state index in [0.717, 1.165) is 17.4 Å². The van der Waals surface area contributed by atoms with Crippen molar-refractivity contribution in [3.05, 3.63) is 78.2 Å². The number of anilines is 2. The van der Waals surface area contributed by atoms with Crippen molar-refractivity contribution in [1.29, 1.82) is 0 Å². The molecule has 0 aliphatic heterocycles. The highest BCUT2D eigenvalue weighted by Crippen LogP contribution is 2.15.